The van der Waals surface area contributed by atoms with Crippen molar-refractivity contribution < 1.29 is 9.31 Å². The number of pyridine rings is 1. The molecule has 144 valence electrons. The number of rotatable bonds is 3. The second-order valence-corrected chi connectivity index (χ2v) is 8.60. The maximum Gasteiger partial charge on any atom is 0.494 e. The lowest BCUT2D eigenvalue weighted by molar-refractivity contribution is 0.00578. The van der Waals surface area contributed by atoms with Crippen molar-refractivity contribution in [3.63, 3.8) is 0 Å². The molecule has 0 atom stereocenters. The van der Waals surface area contributed by atoms with Crippen LogP contribution in [-0.4, -0.2) is 41.8 Å². The number of benzene rings is 1. The molecule has 0 radical (unpaired) electrons. The number of hydrogen-bond donors (Lipinski definition) is 0. The SMILES string of the molecule is CN1C=C(c2cc(B3OC(C)(C)C(C)(C)O3)cc(-c3cccnc3)c2)C=CC1. The van der Waals surface area contributed by atoms with Crippen LogP contribution in [0.2, 0.25) is 0 Å². The van der Waals surface area contributed by atoms with Gasteiger partial charge in [-0.3, -0.25) is 4.98 Å². The number of nitrogens with zero attached hydrogens (tertiary/aromatic N) is 2. The van der Waals surface area contributed by atoms with Gasteiger partial charge in [-0.05, 0) is 67.6 Å². The Morgan fingerprint density at radius 1 is 1.00 bits per heavy atom. The van der Waals surface area contributed by atoms with E-state index >= 15 is 0 Å². The second-order valence-electron chi connectivity index (χ2n) is 8.60. The average molecular weight is 374 g/mol. The molecular weight excluding hydrogens is 347 g/mol. The number of hydrogen-bond acceptors (Lipinski definition) is 4. The average Bonchev–Trinajstić information content (AvgIpc) is 2.89. The van der Waals surface area contributed by atoms with Crippen LogP contribution in [0.3, 0.4) is 0 Å². The summed E-state index contributed by atoms with van der Waals surface area (Å²) in [5.74, 6) is 0. The molecule has 2 aliphatic heterocycles. The normalized spacial score (nSPS) is 20.4. The largest absolute Gasteiger partial charge is 0.494 e. The number of allylic oxidation sites excluding steroid dienone is 2. The molecule has 0 spiro atoms. The lowest BCUT2D eigenvalue weighted by Crippen LogP contribution is -2.41. The highest BCUT2D eigenvalue weighted by Crippen LogP contribution is 2.37. The molecule has 5 heteroatoms. The van der Waals surface area contributed by atoms with Crippen molar-refractivity contribution in [3.8, 4) is 11.1 Å². The first kappa shape index (κ1) is 19.0. The minimum absolute atomic E-state index is 0.369. The molecule has 1 aromatic heterocycles. The van der Waals surface area contributed by atoms with E-state index in [1.165, 1.54) is 5.57 Å². The summed E-state index contributed by atoms with van der Waals surface area (Å²) in [6.45, 7) is 9.26. The lowest BCUT2D eigenvalue weighted by Gasteiger charge is -2.32. The molecule has 4 rings (SSSR count). The third-order valence-electron chi connectivity index (χ3n) is 5.86. The quantitative estimate of drug-likeness (QED) is 0.764. The van der Waals surface area contributed by atoms with E-state index in [9.17, 15) is 0 Å². The van der Waals surface area contributed by atoms with Crippen LogP contribution in [-0.2, 0) is 9.31 Å². The van der Waals surface area contributed by atoms with Crippen LogP contribution in [0.15, 0.2) is 61.1 Å². The van der Waals surface area contributed by atoms with Crippen LogP contribution in [0.5, 0.6) is 0 Å². The maximum absolute atomic E-state index is 6.32. The summed E-state index contributed by atoms with van der Waals surface area (Å²) in [6.07, 6.45) is 10.2. The summed E-state index contributed by atoms with van der Waals surface area (Å²) >= 11 is 0. The fraction of sp³-hybridized carbons (Fsp3) is 0.348. The number of likely N-dealkylation sites (N-methyl/N-ethyl adjacent to an activating group) is 1. The molecule has 0 saturated carbocycles. The van der Waals surface area contributed by atoms with E-state index in [2.05, 4.69) is 87.2 Å². The molecule has 4 nitrogen and oxygen atoms in total. The van der Waals surface area contributed by atoms with Gasteiger partial charge in [0.2, 0.25) is 0 Å². The van der Waals surface area contributed by atoms with Gasteiger partial charge in [0.25, 0.3) is 0 Å². The standard InChI is InChI=1S/C23H27BN2O2/c1-22(2)23(3,4)28-24(27-22)21-13-19(17-8-6-10-25-15-17)12-20(14-21)18-9-7-11-26(5)16-18/h6-10,12-16H,11H2,1-5H3. The molecule has 0 amide bonds. The van der Waals surface area contributed by atoms with Gasteiger partial charge < -0.3 is 14.2 Å². The molecule has 1 fully saturated rings. The van der Waals surface area contributed by atoms with Crippen LogP contribution < -0.4 is 5.46 Å². The summed E-state index contributed by atoms with van der Waals surface area (Å²) in [4.78, 5) is 6.47. The van der Waals surface area contributed by atoms with Crippen molar-refractivity contribution in [2.75, 3.05) is 13.6 Å². The maximum atomic E-state index is 6.32. The Bertz CT molecular complexity index is 919. The van der Waals surface area contributed by atoms with Crippen molar-refractivity contribution in [1.82, 2.24) is 9.88 Å². The fourth-order valence-electron chi connectivity index (χ4n) is 3.48. The molecule has 0 bridgehead atoms. The minimum Gasteiger partial charge on any atom is -0.399 e. The second kappa shape index (κ2) is 6.91. The highest BCUT2D eigenvalue weighted by Gasteiger charge is 2.51. The van der Waals surface area contributed by atoms with E-state index in [1.807, 2.05) is 12.3 Å². The summed E-state index contributed by atoms with van der Waals surface area (Å²) in [7, 11) is 1.69. The Kier molecular flexibility index (Phi) is 4.68. The van der Waals surface area contributed by atoms with Gasteiger partial charge in [0.05, 0.1) is 11.2 Å². The molecule has 1 saturated heterocycles. The third kappa shape index (κ3) is 3.52. The monoisotopic (exact) mass is 374 g/mol. The minimum atomic E-state index is -0.397. The molecule has 28 heavy (non-hydrogen) atoms. The van der Waals surface area contributed by atoms with E-state index in [1.54, 1.807) is 6.20 Å². The van der Waals surface area contributed by atoms with Gasteiger partial charge in [-0.25, -0.2) is 0 Å². The molecule has 3 heterocycles. The first-order valence-electron chi connectivity index (χ1n) is 9.75. The van der Waals surface area contributed by atoms with Crippen molar-refractivity contribution in [2.45, 2.75) is 38.9 Å². The van der Waals surface area contributed by atoms with Crippen molar-refractivity contribution in [3.05, 3.63) is 66.6 Å². The Hall–Kier alpha value is -2.37. The van der Waals surface area contributed by atoms with Crippen molar-refractivity contribution >= 4 is 18.2 Å². The Balaban J connectivity index is 1.80. The summed E-state index contributed by atoms with van der Waals surface area (Å²) < 4.78 is 12.6. The van der Waals surface area contributed by atoms with E-state index in [-0.39, 0.29) is 11.2 Å². The Morgan fingerprint density at radius 2 is 1.71 bits per heavy atom. The van der Waals surface area contributed by atoms with Crippen LogP contribution >= 0.6 is 0 Å². The summed E-state index contributed by atoms with van der Waals surface area (Å²) in [5, 5.41) is 0. The molecule has 2 aliphatic rings. The number of aromatic nitrogens is 1. The van der Waals surface area contributed by atoms with E-state index in [4.69, 9.17) is 9.31 Å². The topological polar surface area (TPSA) is 34.6 Å². The van der Waals surface area contributed by atoms with Gasteiger partial charge in [-0.15, -0.1) is 0 Å². The molecule has 1 aromatic carbocycles. The van der Waals surface area contributed by atoms with E-state index < -0.39 is 7.12 Å². The first-order chi connectivity index (χ1) is 13.2. The zero-order chi connectivity index (χ0) is 19.9. The van der Waals surface area contributed by atoms with E-state index in [0.717, 1.165) is 28.7 Å². The Labute approximate surface area is 168 Å². The predicted octanol–water partition coefficient (Wildman–Crippen LogP) is 3.89. The highest BCUT2D eigenvalue weighted by molar-refractivity contribution is 6.62. The molecular formula is C23H27BN2O2. The van der Waals surface area contributed by atoms with Gasteiger partial charge in [0.1, 0.15) is 0 Å². The summed E-state index contributed by atoms with van der Waals surface area (Å²) in [6, 6.07) is 10.6. The molecule has 0 N–H and O–H groups in total. The zero-order valence-corrected chi connectivity index (χ0v) is 17.3. The van der Waals surface area contributed by atoms with Crippen molar-refractivity contribution in [1.29, 1.82) is 0 Å². The van der Waals surface area contributed by atoms with Crippen LogP contribution in [0.1, 0.15) is 33.3 Å². The van der Waals surface area contributed by atoms with Crippen molar-refractivity contribution in [2.24, 2.45) is 0 Å². The van der Waals surface area contributed by atoms with Gasteiger partial charge in [-0.1, -0.05) is 30.4 Å². The van der Waals surface area contributed by atoms with Gasteiger partial charge >= 0.3 is 7.12 Å². The summed E-state index contributed by atoms with van der Waals surface area (Å²) in [5.41, 5.74) is 4.80. The van der Waals surface area contributed by atoms with Crippen LogP contribution in [0.25, 0.3) is 16.7 Å². The van der Waals surface area contributed by atoms with Gasteiger partial charge in [0, 0.05) is 32.2 Å². The lowest BCUT2D eigenvalue weighted by atomic mass is 9.76. The van der Waals surface area contributed by atoms with Gasteiger partial charge in [0.15, 0.2) is 0 Å². The van der Waals surface area contributed by atoms with E-state index in [0.29, 0.717) is 0 Å². The Morgan fingerprint density at radius 3 is 2.36 bits per heavy atom. The first-order valence-corrected chi connectivity index (χ1v) is 9.75. The van der Waals surface area contributed by atoms with Gasteiger partial charge in [-0.2, -0.15) is 0 Å². The molecule has 0 aliphatic carbocycles. The van der Waals surface area contributed by atoms with Crippen LogP contribution in [0.4, 0.5) is 0 Å². The molecule has 0 unspecified atom stereocenters. The third-order valence-corrected chi connectivity index (χ3v) is 5.86. The smallest absolute Gasteiger partial charge is 0.399 e. The highest BCUT2D eigenvalue weighted by atomic mass is 16.7. The fourth-order valence-corrected chi connectivity index (χ4v) is 3.48. The van der Waals surface area contributed by atoms with Crippen LogP contribution in [0, 0.1) is 0 Å². The zero-order valence-electron chi connectivity index (χ0n) is 17.3. The molecule has 2 aromatic rings. The predicted molar refractivity (Wildman–Crippen MR) is 115 cm³/mol.